The summed E-state index contributed by atoms with van der Waals surface area (Å²) >= 11 is 0. The predicted molar refractivity (Wildman–Crippen MR) is 93.7 cm³/mol. The molecule has 0 saturated carbocycles. The SMILES string of the molecule is Cc1nc(N[C@H](C)c2ccccc2)c2cc3c(cc2n1)OCCO3. The molecule has 0 fully saturated rings. The van der Waals surface area contributed by atoms with E-state index in [0.717, 1.165) is 34.0 Å². The van der Waals surface area contributed by atoms with Crippen LogP contribution in [0.3, 0.4) is 0 Å². The van der Waals surface area contributed by atoms with E-state index in [2.05, 4.69) is 34.3 Å². The van der Waals surface area contributed by atoms with Crippen LogP contribution in [0.15, 0.2) is 42.5 Å². The van der Waals surface area contributed by atoms with Crippen LogP contribution in [0.25, 0.3) is 10.9 Å². The Morgan fingerprint density at radius 1 is 1.00 bits per heavy atom. The molecule has 1 aliphatic rings. The molecule has 24 heavy (non-hydrogen) atoms. The first-order valence-electron chi connectivity index (χ1n) is 8.10. The summed E-state index contributed by atoms with van der Waals surface area (Å²) in [6, 6.07) is 14.3. The molecule has 5 nitrogen and oxygen atoms in total. The van der Waals surface area contributed by atoms with Crippen molar-refractivity contribution in [3.8, 4) is 11.5 Å². The van der Waals surface area contributed by atoms with Crippen molar-refractivity contribution in [1.82, 2.24) is 9.97 Å². The van der Waals surface area contributed by atoms with Gasteiger partial charge >= 0.3 is 0 Å². The highest BCUT2D eigenvalue weighted by Crippen LogP contribution is 2.36. The molecule has 1 N–H and O–H groups in total. The minimum Gasteiger partial charge on any atom is -0.486 e. The number of aryl methyl sites for hydroxylation is 1. The second-order valence-electron chi connectivity index (χ2n) is 5.91. The molecule has 0 bridgehead atoms. The van der Waals surface area contributed by atoms with Gasteiger partial charge in [0.15, 0.2) is 11.5 Å². The molecule has 0 radical (unpaired) electrons. The van der Waals surface area contributed by atoms with E-state index in [0.29, 0.717) is 13.2 Å². The van der Waals surface area contributed by atoms with E-state index in [4.69, 9.17) is 9.47 Å². The lowest BCUT2D eigenvalue weighted by atomic mass is 10.1. The van der Waals surface area contributed by atoms with Crippen LogP contribution >= 0.6 is 0 Å². The van der Waals surface area contributed by atoms with Gasteiger partial charge in [0.05, 0.1) is 5.52 Å². The van der Waals surface area contributed by atoms with Crippen LogP contribution in [0.5, 0.6) is 11.5 Å². The largest absolute Gasteiger partial charge is 0.486 e. The molecule has 3 aromatic rings. The number of fused-ring (bicyclic) bond motifs is 2. The number of rotatable bonds is 3. The number of nitrogens with one attached hydrogen (secondary N) is 1. The highest BCUT2D eigenvalue weighted by atomic mass is 16.6. The fourth-order valence-electron chi connectivity index (χ4n) is 2.92. The summed E-state index contributed by atoms with van der Waals surface area (Å²) in [5.41, 5.74) is 2.06. The van der Waals surface area contributed by atoms with Gasteiger partial charge in [0.2, 0.25) is 0 Å². The maximum absolute atomic E-state index is 5.70. The molecule has 0 saturated heterocycles. The number of hydrogen-bond donors (Lipinski definition) is 1. The monoisotopic (exact) mass is 321 g/mol. The first-order chi connectivity index (χ1) is 11.7. The Morgan fingerprint density at radius 2 is 1.71 bits per heavy atom. The van der Waals surface area contributed by atoms with Crippen LogP contribution < -0.4 is 14.8 Å². The summed E-state index contributed by atoms with van der Waals surface area (Å²) in [5.74, 6) is 3.03. The summed E-state index contributed by atoms with van der Waals surface area (Å²) in [6.45, 7) is 5.15. The van der Waals surface area contributed by atoms with E-state index in [1.54, 1.807) is 0 Å². The van der Waals surface area contributed by atoms with Crippen molar-refractivity contribution in [2.45, 2.75) is 19.9 Å². The Balaban J connectivity index is 1.76. The zero-order valence-corrected chi connectivity index (χ0v) is 13.7. The zero-order valence-electron chi connectivity index (χ0n) is 13.7. The van der Waals surface area contributed by atoms with Crippen molar-refractivity contribution >= 4 is 16.7 Å². The molecule has 2 aromatic carbocycles. The van der Waals surface area contributed by atoms with Gasteiger partial charge in [-0.15, -0.1) is 0 Å². The Hall–Kier alpha value is -2.82. The molecular formula is C19H19N3O2. The third kappa shape index (κ3) is 2.73. The maximum atomic E-state index is 5.70. The topological polar surface area (TPSA) is 56.3 Å². The average Bonchev–Trinajstić information content (AvgIpc) is 2.61. The molecule has 1 aliphatic heterocycles. The van der Waals surface area contributed by atoms with Gasteiger partial charge in [-0.2, -0.15) is 0 Å². The molecule has 0 aliphatic carbocycles. The molecule has 0 amide bonds. The molecule has 0 unspecified atom stereocenters. The predicted octanol–water partition coefficient (Wildman–Crippen LogP) is 3.88. The Bertz CT molecular complexity index is 881. The number of anilines is 1. The molecular weight excluding hydrogens is 302 g/mol. The number of aromatic nitrogens is 2. The fourth-order valence-corrected chi connectivity index (χ4v) is 2.92. The van der Waals surface area contributed by atoms with E-state index in [-0.39, 0.29) is 6.04 Å². The first kappa shape index (κ1) is 14.8. The van der Waals surface area contributed by atoms with E-state index in [1.165, 1.54) is 5.56 Å². The Labute approximate surface area is 140 Å². The standard InChI is InChI=1S/C19H19N3O2/c1-12(14-6-4-3-5-7-14)20-19-15-10-17-18(24-9-8-23-17)11-16(15)21-13(2)22-19/h3-7,10-12H,8-9H2,1-2H3,(H,20,21,22)/t12-/m1/s1. The van der Waals surface area contributed by atoms with Crippen molar-refractivity contribution in [3.05, 3.63) is 53.9 Å². The summed E-state index contributed by atoms with van der Waals surface area (Å²) in [4.78, 5) is 9.13. The summed E-state index contributed by atoms with van der Waals surface area (Å²) in [6.07, 6.45) is 0. The van der Waals surface area contributed by atoms with E-state index >= 15 is 0 Å². The van der Waals surface area contributed by atoms with Gasteiger partial charge in [-0.1, -0.05) is 30.3 Å². The lowest BCUT2D eigenvalue weighted by Crippen LogP contribution is -2.15. The van der Waals surface area contributed by atoms with Crippen molar-refractivity contribution in [2.24, 2.45) is 0 Å². The van der Waals surface area contributed by atoms with Crippen LogP contribution in [0.1, 0.15) is 24.4 Å². The van der Waals surface area contributed by atoms with Crippen LogP contribution in [0, 0.1) is 6.92 Å². The molecule has 1 atom stereocenters. The summed E-state index contributed by atoms with van der Waals surface area (Å²) in [5, 5.41) is 4.44. The van der Waals surface area contributed by atoms with Gasteiger partial charge in [0.1, 0.15) is 24.9 Å². The quantitative estimate of drug-likeness (QED) is 0.793. The minimum atomic E-state index is 0.136. The van der Waals surface area contributed by atoms with Crippen LogP contribution in [0.2, 0.25) is 0 Å². The third-order valence-corrected chi connectivity index (χ3v) is 4.12. The lowest BCUT2D eigenvalue weighted by molar-refractivity contribution is 0.172. The second-order valence-corrected chi connectivity index (χ2v) is 5.91. The minimum absolute atomic E-state index is 0.136. The third-order valence-electron chi connectivity index (χ3n) is 4.12. The number of benzene rings is 2. The van der Waals surface area contributed by atoms with Crippen LogP contribution in [-0.2, 0) is 0 Å². The highest BCUT2D eigenvalue weighted by molar-refractivity contribution is 5.92. The highest BCUT2D eigenvalue weighted by Gasteiger charge is 2.17. The van der Waals surface area contributed by atoms with Gasteiger partial charge in [0.25, 0.3) is 0 Å². The van der Waals surface area contributed by atoms with Crippen molar-refractivity contribution in [1.29, 1.82) is 0 Å². The number of nitrogens with zero attached hydrogens (tertiary/aromatic N) is 2. The molecule has 1 aromatic heterocycles. The first-order valence-corrected chi connectivity index (χ1v) is 8.10. The van der Waals surface area contributed by atoms with Gasteiger partial charge in [-0.25, -0.2) is 9.97 Å². The van der Waals surface area contributed by atoms with Gasteiger partial charge in [0, 0.05) is 17.5 Å². The van der Waals surface area contributed by atoms with E-state index in [1.807, 2.05) is 37.3 Å². The van der Waals surface area contributed by atoms with Gasteiger partial charge in [-0.05, 0) is 25.5 Å². The fraction of sp³-hybridized carbons (Fsp3) is 0.263. The van der Waals surface area contributed by atoms with E-state index in [9.17, 15) is 0 Å². The van der Waals surface area contributed by atoms with Crippen molar-refractivity contribution < 1.29 is 9.47 Å². The normalized spacial score (nSPS) is 14.4. The summed E-state index contributed by atoms with van der Waals surface area (Å²) in [7, 11) is 0. The maximum Gasteiger partial charge on any atom is 0.163 e. The number of hydrogen-bond acceptors (Lipinski definition) is 5. The Kier molecular flexibility index (Phi) is 3.69. The molecule has 122 valence electrons. The van der Waals surface area contributed by atoms with Gasteiger partial charge in [-0.3, -0.25) is 0 Å². The molecule has 2 heterocycles. The second kappa shape index (κ2) is 6.00. The summed E-state index contributed by atoms with van der Waals surface area (Å²) < 4.78 is 11.4. The zero-order chi connectivity index (χ0) is 16.5. The Morgan fingerprint density at radius 3 is 2.46 bits per heavy atom. The molecule has 4 rings (SSSR count). The molecule has 5 heteroatoms. The lowest BCUT2D eigenvalue weighted by Gasteiger charge is -2.21. The van der Waals surface area contributed by atoms with Crippen LogP contribution in [-0.4, -0.2) is 23.2 Å². The smallest absolute Gasteiger partial charge is 0.163 e. The molecule has 0 spiro atoms. The van der Waals surface area contributed by atoms with Gasteiger partial charge < -0.3 is 14.8 Å². The van der Waals surface area contributed by atoms with Crippen LogP contribution in [0.4, 0.5) is 5.82 Å². The van der Waals surface area contributed by atoms with E-state index < -0.39 is 0 Å². The van der Waals surface area contributed by atoms with Crippen molar-refractivity contribution in [2.75, 3.05) is 18.5 Å². The average molecular weight is 321 g/mol. The number of ether oxygens (including phenoxy) is 2. The van der Waals surface area contributed by atoms with Crippen molar-refractivity contribution in [3.63, 3.8) is 0 Å².